The number of phenols is 1. The van der Waals surface area contributed by atoms with Crippen LogP contribution in [0.4, 0.5) is 0 Å². The fourth-order valence-corrected chi connectivity index (χ4v) is 4.39. The Morgan fingerprint density at radius 1 is 1.09 bits per heavy atom. The van der Waals surface area contributed by atoms with Crippen LogP contribution < -0.4 is 4.74 Å². The summed E-state index contributed by atoms with van der Waals surface area (Å²) >= 11 is 0. The Morgan fingerprint density at radius 2 is 1.82 bits per heavy atom. The highest BCUT2D eigenvalue weighted by Gasteiger charge is 2.46. The molecule has 7 heteroatoms. The van der Waals surface area contributed by atoms with Crippen molar-refractivity contribution in [3.63, 3.8) is 0 Å². The van der Waals surface area contributed by atoms with Gasteiger partial charge in [0.2, 0.25) is 0 Å². The molecule has 1 heterocycles. The van der Waals surface area contributed by atoms with E-state index in [1.54, 1.807) is 24.3 Å². The van der Waals surface area contributed by atoms with Crippen molar-refractivity contribution in [3.05, 3.63) is 64.7 Å². The van der Waals surface area contributed by atoms with Gasteiger partial charge in [-0.2, -0.15) is 0 Å². The number of aliphatic hydroxyl groups excluding tert-OH is 1. The van der Waals surface area contributed by atoms with Gasteiger partial charge in [-0.1, -0.05) is 37.6 Å². The second kappa shape index (κ2) is 11.2. The fraction of sp³-hybridized carbons (Fsp3) is 0.407. The maximum Gasteiger partial charge on any atom is 0.295 e. The normalized spacial score (nSPS) is 17.6. The van der Waals surface area contributed by atoms with E-state index in [1.807, 2.05) is 26.0 Å². The summed E-state index contributed by atoms with van der Waals surface area (Å²) in [4.78, 5) is 30.1. The third-order valence-electron chi connectivity index (χ3n) is 6.20. The zero-order chi connectivity index (χ0) is 24.8. The van der Waals surface area contributed by atoms with Crippen LogP contribution in [-0.4, -0.2) is 64.5 Å². The van der Waals surface area contributed by atoms with Crippen molar-refractivity contribution in [1.29, 1.82) is 0 Å². The van der Waals surface area contributed by atoms with Crippen LogP contribution in [0.5, 0.6) is 11.5 Å². The first-order valence-corrected chi connectivity index (χ1v) is 11.9. The molecule has 1 aliphatic rings. The lowest BCUT2D eigenvalue weighted by molar-refractivity contribution is -0.140. The Hall–Kier alpha value is -3.32. The van der Waals surface area contributed by atoms with Crippen LogP contribution in [0.15, 0.2) is 48.0 Å². The summed E-state index contributed by atoms with van der Waals surface area (Å²) in [6.45, 7) is 11.3. The number of rotatable bonds is 10. The number of Topliss-reactive ketones (excluding diaryl/α,β-unsaturated/α-hetero) is 1. The number of carbonyl (C=O) groups is 2. The Labute approximate surface area is 201 Å². The van der Waals surface area contributed by atoms with Gasteiger partial charge in [0.25, 0.3) is 11.7 Å². The van der Waals surface area contributed by atoms with Crippen molar-refractivity contribution in [3.8, 4) is 11.5 Å². The standard InChI is InChI=1S/C27H34N2O5/c1-5-28(6-2)14-9-15-29-24(19-10-8-11-20(17-19)34-7-3)23(26(32)27(29)33)25(31)21-16-18(4)12-13-22(21)30/h8,10-13,16-17,24,30-31H,5-7,9,14-15H2,1-4H3/b25-23+. The number of ketones is 1. The Balaban J connectivity index is 2.09. The lowest BCUT2D eigenvalue weighted by Crippen LogP contribution is -2.33. The molecule has 1 fully saturated rings. The molecule has 34 heavy (non-hydrogen) atoms. The van der Waals surface area contributed by atoms with E-state index in [0.29, 0.717) is 30.9 Å². The van der Waals surface area contributed by atoms with E-state index in [2.05, 4.69) is 18.7 Å². The molecule has 2 N–H and O–H groups in total. The maximum absolute atomic E-state index is 13.2. The molecule has 1 saturated heterocycles. The highest BCUT2D eigenvalue weighted by Crippen LogP contribution is 2.41. The number of aliphatic hydroxyl groups is 1. The average molecular weight is 467 g/mol. The highest BCUT2D eigenvalue weighted by atomic mass is 16.5. The molecule has 7 nitrogen and oxygen atoms in total. The van der Waals surface area contributed by atoms with Crippen LogP contribution in [0.25, 0.3) is 5.76 Å². The third kappa shape index (κ3) is 5.25. The van der Waals surface area contributed by atoms with Gasteiger partial charge in [0, 0.05) is 6.54 Å². The molecular weight excluding hydrogens is 432 g/mol. The van der Waals surface area contributed by atoms with Crippen LogP contribution in [0.3, 0.4) is 0 Å². The third-order valence-corrected chi connectivity index (χ3v) is 6.20. The molecule has 0 spiro atoms. The number of nitrogens with zero attached hydrogens (tertiary/aromatic N) is 2. The number of benzene rings is 2. The summed E-state index contributed by atoms with van der Waals surface area (Å²) < 4.78 is 5.64. The molecule has 2 aromatic carbocycles. The van der Waals surface area contributed by atoms with Crippen LogP contribution in [-0.2, 0) is 9.59 Å². The van der Waals surface area contributed by atoms with E-state index in [-0.39, 0.29) is 22.6 Å². The Kier molecular flexibility index (Phi) is 8.34. The number of aromatic hydroxyl groups is 1. The van der Waals surface area contributed by atoms with Crippen molar-refractivity contribution >= 4 is 17.4 Å². The molecule has 1 amide bonds. The van der Waals surface area contributed by atoms with E-state index in [0.717, 1.165) is 25.2 Å². The summed E-state index contributed by atoms with van der Waals surface area (Å²) in [7, 11) is 0. The number of carbonyl (C=O) groups excluding carboxylic acids is 2. The minimum Gasteiger partial charge on any atom is -0.507 e. The minimum absolute atomic E-state index is 0.0256. The first-order chi connectivity index (χ1) is 16.3. The van der Waals surface area contributed by atoms with Crippen LogP contribution >= 0.6 is 0 Å². The molecule has 1 unspecified atom stereocenters. The van der Waals surface area contributed by atoms with Crippen LogP contribution in [0, 0.1) is 6.92 Å². The zero-order valence-electron chi connectivity index (χ0n) is 20.4. The quantitative estimate of drug-likeness (QED) is 0.309. The molecule has 0 bridgehead atoms. The predicted octanol–water partition coefficient (Wildman–Crippen LogP) is 4.25. The van der Waals surface area contributed by atoms with E-state index in [1.165, 1.54) is 11.0 Å². The molecular formula is C27H34N2O5. The number of ether oxygens (including phenoxy) is 1. The summed E-state index contributed by atoms with van der Waals surface area (Å²) in [6, 6.07) is 11.2. The van der Waals surface area contributed by atoms with Gasteiger partial charge in [0.05, 0.1) is 23.8 Å². The highest BCUT2D eigenvalue weighted by molar-refractivity contribution is 6.46. The molecule has 182 valence electrons. The average Bonchev–Trinajstić information content (AvgIpc) is 3.08. The van der Waals surface area contributed by atoms with Crippen molar-refractivity contribution in [2.24, 2.45) is 0 Å². The zero-order valence-corrected chi connectivity index (χ0v) is 20.4. The first kappa shape index (κ1) is 25.3. The molecule has 3 rings (SSSR count). The van der Waals surface area contributed by atoms with Gasteiger partial charge in [-0.05, 0) is 69.7 Å². The topological polar surface area (TPSA) is 90.3 Å². The molecule has 0 aliphatic carbocycles. The lowest BCUT2D eigenvalue weighted by Gasteiger charge is -2.27. The van der Waals surface area contributed by atoms with Gasteiger partial charge < -0.3 is 24.7 Å². The van der Waals surface area contributed by atoms with Crippen molar-refractivity contribution in [2.45, 2.75) is 40.2 Å². The van der Waals surface area contributed by atoms with Crippen molar-refractivity contribution < 1.29 is 24.5 Å². The lowest BCUT2D eigenvalue weighted by atomic mass is 9.94. The second-order valence-electron chi connectivity index (χ2n) is 8.40. The van der Waals surface area contributed by atoms with Gasteiger partial charge in [-0.25, -0.2) is 0 Å². The monoisotopic (exact) mass is 466 g/mol. The van der Waals surface area contributed by atoms with Crippen LogP contribution in [0.2, 0.25) is 0 Å². The first-order valence-electron chi connectivity index (χ1n) is 11.9. The van der Waals surface area contributed by atoms with Crippen molar-refractivity contribution in [1.82, 2.24) is 9.80 Å². The number of phenolic OH excluding ortho intramolecular Hbond substituents is 1. The summed E-state index contributed by atoms with van der Waals surface area (Å²) in [5.41, 5.74) is 1.58. The number of aryl methyl sites for hydroxylation is 1. The number of hydrogen-bond acceptors (Lipinski definition) is 6. The van der Waals surface area contributed by atoms with Gasteiger partial charge >= 0.3 is 0 Å². The van der Waals surface area contributed by atoms with Gasteiger partial charge in [-0.15, -0.1) is 0 Å². The molecule has 0 aromatic heterocycles. The molecule has 0 saturated carbocycles. The number of amides is 1. The smallest absolute Gasteiger partial charge is 0.295 e. The molecule has 1 aliphatic heterocycles. The van der Waals surface area contributed by atoms with Crippen LogP contribution in [0.1, 0.15) is 49.9 Å². The van der Waals surface area contributed by atoms with E-state index in [9.17, 15) is 19.8 Å². The molecule has 1 atom stereocenters. The van der Waals surface area contributed by atoms with Crippen molar-refractivity contribution in [2.75, 3.05) is 32.8 Å². The Morgan fingerprint density at radius 3 is 2.50 bits per heavy atom. The summed E-state index contributed by atoms with van der Waals surface area (Å²) in [5.74, 6) is -1.32. The largest absolute Gasteiger partial charge is 0.507 e. The Bertz CT molecular complexity index is 1070. The van der Waals surface area contributed by atoms with E-state index < -0.39 is 17.7 Å². The predicted molar refractivity (Wildman–Crippen MR) is 132 cm³/mol. The van der Waals surface area contributed by atoms with Gasteiger partial charge in [0.1, 0.15) is 17.3 Å². The minimum atomic E-state index is -0.781. The maximum atomic E-state index is 13.2. The van der Waals surface area contributed by atoms with E-state index in [4.69, 9.17) is 4.74 Å². The summed E-state index contributed by atoms with van der Waals surface area (Å²) in [5, 5.41) is 21.6. The second-order valence-corrected chi connectivity index (χ2v) is 8.40. The molecule has 2 aromatic rings. The summed E-state index contributed by atoms with van der Waals surface area (Å²) in [6.07, 6.45) is 0.687. The molecule has 0 radical (unpaired) electrons. The fourth-order valence-electron chi connectivity index (χ4n) is 4.39. The van der Waals surface area contributed by atoms with Gasteiger partial charge in [-0.3, -0.25) is 9.59 Å². The van der Waals surface area contributed by atoms with E-state index >= 15 is 0 Å². The number of likely N-dealkylation sites (tertiary alicyclic amines) is 1. The van der Waals surface area contributed by atoms with Gasteiger partial charge in [0.15, 0.2) is 0 Å². The SMILES string of the molecule is CCOc1cccc(C2/C(=C(\O)c3cc(C)ccc3O)C(=O)C(=O)N2CCCN(CC)CC)c1. The number of hydrogen-bond donors (Lipinski definition) is 2.